The molecule has 2 aromatic rings. The number of nitrogens with two attached hydrogens (primary N) is 1. The van der Waals surface area contributed by atoms with Crippen LogP contribution in [0.5, 0.6) is 0 Å². The van der Waals surface area contributed by atoms with Gasteiger partial charge in [0.05, 0.1) is 12.6 Å². The van der Waals surface area contributed by atoms with Gasteiger partial charge in [0.2, 0.25) is 0 Å². The van der Waals surface area contributed by atoms with Gasteiger partial charge in [-0.25, -0.2) is 9.82 Å². The molecule has 0 saturated heterocycles. The summed E-state index contributed by atoms with van der Waals surface area (Å²) in [5, 5.41) is 0. The Bertz CT molecular complexity index is 644. The maximum absolute atomic E-state index is 14.2. The molecule has 1 aliphatic rings. The third kappa shape index (κ3) is 2.70. The van der Waals surface area contributed by atoms with Crippen molar-refractivity contribution in [1.29, 1.82) is 0 Å². The van der Waals surface area contributed by atoms with Crippen molar-refractivity contribution in [3.63, 3.8) is 0 Å². The van der Waals surface area contributed by atoms with Crippen LogP contribution in [0.2, 0.25) is 0 Å². The lowest BCUT2D eigenvalue weighted by Gasteiger charge is -2.32. The molecular formula is C17H19FN2O. The Morgan fingerprint density at radius 2 is 2.10 bits per heavy atom. The van der Waals surface area contributed by atoms with E-state index >= 15 is 0 Å². The third-order valence-electron chi connectivity index (χ3n) is 4.00. The zero-order chi connectivity index (χ0) is 14.8. The number of nitrogens with one attached hydrogen (secondary N) is 1. The van der Waals surface area contributed by atoms with E-state index in [1.165, 1.54) is 11.6 Å². The van der Waals surface area contributed by atoms with Gasteiger partial charge < -0.3 is 4.74 Å². The van der Waals surface area contributed by atoms with E-state index in [0.29, 0.717) is 12.2 Å². The first-order valence-corrected chi connectivity index (χ1v) is 7.12. The molecule has 0 spiro atoms. The second-order valence-corrected chi connectivity index (χ2v) is 5.41. The maximum Gasteiger partial charge on any atom is 0.128 e. The second-order valence-electron chi connectivity index (χ2n) is 5.41. The van der Waals surface area contributed by atoms with Crippen molar-refractivity contribution < 1.29 is 9.13 Å². The van der Waals surface area contributed by atoms with E-state index in [1.54, 1.807) is 6.07 Å². The molecule has 2 atom stereocenters. The molecule has 2 aromatic carbocycles. The minimum Gasteiger partial charge on any atom is -0.371 e. The van der Waals surface area contributed by atoms with Crippen molar-refractivity contribution in [2.75, 3.05) is 6.61 Å². The number of hydrogen-bond donors (Lipinski definition) is 2. The smallest absolute Gasteiger partial charge is 0.128 e. The number of ether oxygens (including phenoxy) is 1. The summed E-state index contributed by atoms with van der Waals surface area (Å²) in [4.78, 5) is 0. The van der Waals surface area contributed by atoms with Gasteiger partial charge in [0.25, 0.3) is 0 Å². The molecular weight excluding hydrogens is 267 g/mol. The van der Waals surface area contributed by atoms with E-state index in [1.807, 2.05) is 31.2 Å². The molecule has 0 aliphatic carbocycles. The topological polar surface area (TPSA) is 47.3 Å². The van der Waals surface area contributed by atoms with Crippen LogP contribution in [0.4, 0.5) is 4.39 Å². The lowest BCUT2D eigenvalue weighted by atomic mass is 9.89. The fourth-order valence-electron chi connectivity index (χ4n) is 2.94. The van der Waals surface area contributed by atoms with Crippen molar-refractivity contribution in [3.8, 4) is 0 Å². The minimum absolute atomic E-state index is 0.268. The average Bonchev–Trinajstić information content (AvgIpc) is 2.51. The van der Waals surface area contributed by atoms with Crippen LogP contribution in [0, 0.1) is 12.7 Å². The van der Waals surface area contributed by atoms with Crippen LogP contribution < -0.4 is 11.3 Å². The van der Waals surface area contributed by atoms with Gasteiger partial charge >= 0.3 is 0 Å². The zero-order valence-electron chi connectivity index (χ0n) is 12.0. The number of hydrazine groups is 1. The lowest BCUT2D eigenvalue weighted by molar-refractivity contribution is 0.0139. The summed E-state index contributed by atoms with van der Waals surface area (Å²) >= 11 is 0. The van der Waals surface area contributed by atoms with Crippen LogP contribution in [-0.4, -0.2) is 6.61 Å². The summed E-state index contributed by atoms with van der Waals surface area (Å²) < 4.78 is 20.1. The molecule has 0 bridgehead atoms. The highest BCUT2D eigenvalue weighted by Crippen LogP contribution is 2.37. The standard InChI is InChI=1S/C17H19FN2O/c1-11-6-7-15(18)14(10-11)16(20-19)17-13-5-3-2-4-12(13)8-9-21-17/h2-7,10,16-17,20H,8-9,19H2,1H3. The molecule has 3 rings (SSSR count). The summed E-state index contributed by atoms with van der Waals surface area (Å²) in [5.41, 5.74) is 6.58. The van der Waals surface area contributed by atoms with Crippen LogP contribution in [0.15, 0.2) is 42.5 Å². The Morgan fingerprint density at radius 3 is 2.90 bits per heavy atom. The molecule has 2 unspecified atom stereocenters. The molecule has 1 heterocycles. The Morgan fingerprint density at radius 1 is 1.29 bits per heavy atom. The van der Waals surface area contributed by atoms with Gasteiger partial charge in [0.15, 0.2) is 0 Å². The SMILES string of the molecule is Cc1ccc(F)c(C(NN)C2OCCc3ccccc32)c1. The van der Waals surface area contributed by atoms with E-state index in [9.17, 15) is 4.39 Å². The number of aryl methyl sites for hydroxylation is 1. The van der Waals surface area contributed by atoms with Gasteiger partial charge in [-0.2, -0.15) is 0 Å². The first-order valence-electron chi connectivity index (χ1n) is 7.12. The normalized spacial score (nSPS) is 19.1. The number of halogens is 1. The van der Waals surface area contributed by atoms with E-state index in [4.69, 9.17) is 10.6 Å². The van der Waals surface area contributed by atoms with E-state index in [-0.39, 0.29) is 11.9 Å². The summed E-state index contributed by atoms with van der Waals surface area (Å²) in [6.07, 6.45) is 0.594. The Kier molecular flexibility index (Phi) is 4.01. The van der Waals surface area contributed by atoms with Gasteiger partial charge in [0, 0.05) is 5.56 Å². The molecule has 3 nitrogen and oxygen atoms in total. The van der Waals surface area contributed by atoms with Crippen LogP contribution >= 0.6 is 0 Å². The summed E-state index contributed by atoms with van der Waals surface area (Å²) in [7, 11) is 0. The van der Waals surface area contributed by atoms with Crippen LogP contribution in [-0.2, 0) is 11.2 Å². The first kappa shape index (κ1) is 14.2. The van der Waals surface area contributed by atoms with Crippen molar-refractivity contribution in [3.05, 3.63) is 70.5 Å². The molecule has 0 fully saturated rings. The lowest BCUT2D eigenvalue weighted by Crippen LogP contribution is -2.36. The highest BCUT2D eigenvalue weighted by molar-refractivity contribution is 5.35. The van der Waals surface area contributed by atoms with Gasteiger partial charge in [0.1, 0.15) is 11.9 Å². The monoisotopic (exact) mass is 286 g/mol. The molecule has 1 aliphatic heterocycles. The molecule has 0 aromatic heterocycles. The van der Waals surface area contributed by atoms with E-state index in [0.717, 1.165) is 17.5 Å². The quantitative estimate of drug-likeness (QED) is 0.673. The maximum atomic E-state index is 14.2. The first-order chi connectivity index (χ1) is 10.2. The van der Waals surface area contributed by atoms with Crippen molar-refractivity contribution >= 4 is 0 Å². The van der Waals surface area contributed by atoms with Gasteiger partial charge in [-0.3, -0.25) is 5.84 Å². The van der Waals surface area contributed by atoms with Crippen molar-refractivity contribution in [2.45, 2.75) is 25.5 Å². The van der Waals surface area contributed by atoms with Gasteiger partial charge in [-0.05, 0) is 30.5 Å². The minimum atomic E-state index is -0.411. The molecule has 3 N–H and O–H groups in total. The second kappa shape index (κ2) is 5.93. The van der Waals surface area contributed by atoms with Crippen LogP contribution in [0.1, 0.15) is 34.4 Å². The van der Waals surface area contributed by atoms with Crippen molar-refractivity contribution in [1.82, 2.24) is 5.43 Å². The number of rotatable bonds is 3. The third-order valence-corrected chi connectivity index (χ3v) is 4.00. The number of fused-ring (bicyclic) bond motifs is 1. The number of benzene rings is 2. The molecule has 0 saturated carbocycles. The Labute approximate surface area is 123 Å². The van der Waals surface area contributed by atoms with Gasteiger partial charge in [-0.1, -0.05) is 42.0 Å². The van der Waals surface area contributed by atoms with Gasteiger partial charge in [-0.15, -0.1) is 0 Å². The largest absolute Gasteiger partial charge is 0.371 e. The zero-order valence-corrected chi connectivity index (χ0v) is 12.0. The summed E-state index contributed by atoms with van der Waals surface area (Å²) in [6.45, 7) is 2.56. The predicted molar refractivity (Wildman–Crippen MR) is 80.0 cm³/mol. The molecule has 0 radical (unpaired) electrons. The van der Waals surface area contributed by atoms with Crippen molar-refractivity contribution in [2.24, 2.45) is 5.84 Å². The summed E-state index contributed by atoms with van der Waals surface area (Å²) in [5.74, 6) is 5.45. The fraction of sp³-hybridized carbons (Fsp3) is 0.294. The summed E-state index contributed by atoms with van der Waals surface area (Å²) in [6, 6.07) is 12.7. The highest BCUT2D eigenvalue weighted by Gasteiger charge is 2.30. The predicted octanol–water partition coefficient (Wildman–Crippen LogP) is 2.95. The Hall–Kier alpha value is -1.75. The highest BCUT2D eigenvalue weighted by atomic mass is 19.1. The average molecular weight is 286 g/mol. The molecule has 21 heavy (non-hydrogen) atoms. The van der Waals surface area contributed by atoms with E-state index < -0.39 is 6.04 Å². The fourth-order valence-corrected chi connectivity index (χ4v) is 2.94. The van der Waals surface area contributed by atoms with Crippen LogP contribution in [0.25, 0.3) is 0 Å². The number of hydrogen-bond acceptors (Lipinski definition) is 3. The molecule has 4 heteroatoms. The van der Waals surface area contributed by atoms with Crippen LogP contribution in [0.3, 0.4) is 0 Å². The molecule has 110 valence electrons. The van der Waals surface area contributed by atoms with E-state index in [2.05, 4.69) is 11.5 Å². The Balaban J connectivity index is 2.03. The molecule has 0 amide bonds.